The Balaban J connectivity index is 1.52. The summed E-state index contributed by atoms with van der Waals surface area (Å²) in [5.41, 5.74) is 11.4. The van der Waals surface area contributed by atoms with Crippen molar-refractivity contribution in [2.45, 2.75) is 38.6 Å². The lowest BCUT2D eigenvalue weighted by molar-refractivity contribution is 0.0646. The first-order valence-electron chi connectivity index (χ1n) is 9.35. The summed E-state index contributed by atoms with van der Waals surface area (Å²) in [5, 5.41) is 0. The minimum absolute atomic E-state index is 0.0283. The van der Waals surface area contributed by atoms with Gasteiger partial charge in [-0.05, 0) is 61.6 Å². The van der Waals surface area contributed by atoms with Crippen molar-refractivity contribution in [3.63, 3.8) is 0 Å². The van der Waals surface area contributed by atoms with Crippen LogP contribution in [0.25, 0.3) is 0 Å². The van der Waals surface area contributed by atoms with Crippen molar-refractivity contribution in [3.05, 3.63) is 64.2 Å². The van der Waals surface area contributed by atoms with Gasteiger partial charge in [0.2, 0.25) is 0 Å². The molecular weight excluding hydrogens is 324 g/mol. The van der Waals surface area contributed by atoms with E-state index in [1.54, 1.807) is 0 Å². The monoisotopic (exact) mass is 350 g/mol. The smallest absolute Gasteiger partial charge is 0.253 e. The summed E-state index contributed by atoms with van der Waals surface area (Å²) in [6.45, 7) is 6.91. The summed E-state index contributed by atoms with van der Waals surface area (Å²) >= 11 is 0. The minimum Gasteiger partial charge on any atom is -0.492 e. The molecule has 4 rings (SSSR count). The van der Waals surface area contributed by atoms with Crippen molar-refractivity contribution in [1.29, 1.82) is 0 Å². The Morgan fingerprint density at radius 1 is 1.12 bits per heavy atom. The van der Waals surface area contributed by atoms with Gasteiger partial charge in [0.15, 0.2) is 0 Å². The zero-order chi connectivity index (χ0) is 18.3. The number of amides is 1. The molecule has 1 spiro atoms. The molecule has 2 N–H and O–H groups in total. The van der Waals surface area contributed by atoms with Gasteiger partial charge in [-0.3, -0.25) is 4.79 Å². The maximum atomic E-state index is 12.9. The molecule has 26 heavy (non-hydrogen) atoms. The highest BCUT2D eigenvalue weighted by molar-refractivity contribution is 5.94. The predicted molar refractivity (Wildman–Crippen MR) is 103 cm³/mol. The summed E-state index contributed by atoms with van der Waals surface area (Å²) in [4.78, 5) is 14.9. The minimum atomic E-state index is 0.0283. The Morgan fingerprint density at radius 2 is 1.88 bits per heavy atom. The van der Waals surface area contributed by atoms with Crippen LogP contribution in [0.1, 0.15) is 45.5 Å². The quantitative estimate of drug-likeness (QED) is 0.904. The van der Waals surface area contributed by atoms with Crippen molar-refractivity contribution in [2.75, 3.05) is 19.7 Å². The molecule has 0 bridgehead atoms. The molecule has 0 aliphatic carbocycles. The Bertz CT molecular complexity index is 851. The van der Waals surface area contributed by atoms with E-state index in [0.29, 0.717) is 13.2 Å². The third-order valence-corrected chi connectivity index (χ3v) is 6.12. The standard InChI is InChI=1S/C22H26N2O2/c1-15-3-5-18(11-16(15)2)21(25)24-9-7-22(8-10-24)14-26-20-6-4-17(13-23)12-19(20)22/h3-6,11-12H,7-10,13-14,23H2,1-2H3. The van der Waals surface area contributed by atoms with Crippen LogP contribution in [0, 0.1) is 13.8 Å². The second kappa shape index (κ2) is 6.44. The molecule has 0 radical (unpaired) electrons. The molecule has 2 aromatic rings. The molecule has 4 heteroatoms. The Kier molecular flexibility index (Phi) is 4.23. The highest BCUT2D eigenvalue weighted by Gasteiger charge is 2.43. The number of piperidine rings is 1. The van der Waals surface area contributed by atoms with E-state index in [1.165, 1.54) is 11.1 Å². The Labute approximate surface area is 155 Å². The molecule has 0 atom stereocenters. The van der Waals surface area contributed by atoms with E-state index in [4.69, 9.17) is 10.5 Å². The first kappa shape index (κ1) is 17.1. The van der Waals surface area contributed by atoms with Crippen molar-refractivity contribution in [2.24, 2.45) is 5.73 Å². The number of benzene rings is 2. The maximum absolute atomic E-state index is 12.9. The van der Waals surface area contributed by atoms with Crippen LogP contribution in [0.15, 0.2) is 36.4 Å². The van der Waals surface area contributed by atoms with E-state index in [0.717, 1.165) is 48.4 Å². The van der Waals surface area contributed by atoms with Crippen LogP contribution in [0.4, 0.5) is 0 Å². The van der Waals surface area contributed by atoms with Crippen LogP contribution in [0.3, 0.4) is 0 Å². The van der Waals surface area contributed by atoms with Gasteiger partial charge in [0.05, 0.1) is 6.61 Å². The van der Waals surface area contributed by atoms with E-state index < -0.39 is 0 Å². The lowest BCUT2D eigenvalue weighted by Crippen LogP contribution is -2.46. The fourth-order valence-corrected chi connectivity index (χ4v) is 4.15. The van der Waals surface area contributed by atoms with Gasteiger partial charge in [-0.2, -0.15) is 0 Å². The second-order valence-corrected chi connectivity index (χ2v) is 7.69. The van der Waals surface area contributed by atoms with E-state index >= 15 is 0 Å². The molecule has 2 aliphatic heterocycles. The molecule has 136 valence electrons. The topological polar surface area (TPSA) is 55.6 Å². The van der Waals surface area contributed by atoms with Gasteiger partial charge in [-0.1, -0.05) is 18.2 Å². The molecule has 4 nitrogen and oxygen atoms in total. The maximum Gasteiger partial charge on any atom is 0.253 e. The van der Waals surface area contributed by atoms with Gasteiger partial charge in [0.1, 0.15) is 5.75 Å². The zero-order valence-corrected chi connectivity index (χ0v) is 15.5. The highest BCUT2D eigenvalue weighted by atomic mass is 16.5. The molecule has 0 aromatic heterocycles. The first-order valence-corrected chi connectivity index (χ1v) is 9.35. The van der Waals surface area contributed by atoms with E-state index in [1.807, 2.05) is 35.2 Å². The zero-order valence-electron chi connectivity index (χ0n) is 15.5. The molecule has 1 fully saturated rings. The van der Waals surface area contributed by atoms with Crippen molar-refractivity contribution in [1.82, 2.24) is 4.90 Å². The Hall–Kier alpha value is -2.33. The fourth-order valence-electron chi connectivity index (χ4n) is 4.15. The average Bonchev–Trinajstić information content (AvgIpc) is 3.01. The predicted octanol–water partition coefficient (Wildman–Crippen LogP) is 3.33. The van der Waals surface area contributed by atoms with E-state index in [-0.39, 0.29) is 11.3 Å². The molecule has 0 unspecified atom stereocenters. The lowest BCUT2D eigenvalue weighted by Gasteiger charge is -2.38. The normalized spacial score (nSPS) is 17.9. The van der Waals surface area contributed by atoms with Crippen molar-refractivity contribution in [3.8, 4) is 5.75 Å². The molecule has 2 aliphatic rings. The van der Waals surface area contributed by atoms with Crippen LogP contribution < -0.4 is 10.5 Å². The molecule has 0 saturated carbocycles. The fraction of sp³-hybridized carbons (Fsp3) is 0.409. The van der Waals surface area contributed by atoms with Gasteiger partial charge in [0.25, 0.3) is 5.91 Å². The largest absolute Gasteiger partial charge is 0.492 e. The van der Waals surface area contributed by atoms with Gasteiger partial charge in [-0.25, -0.2) is 0 Å². The third kappa shape index (κ3) is 2.78. The van der Waals surface area contributed by atoms with Crippen molar-refractivity contribution >= 4 is 5.91 Å². The van der Waals surface area contributed by atoms with Gasteiger partial charge < -0.3 is 15.4 Å². The van der Waals surface area contributed by atoms with Gasteiger partial charge in [-0.15, -0.1) is 0 Å². The number of nitrogens with zero attached hydrogens (tertiary/aromatic N) is 1. The number of hydrogen-bond acceptors (Lipinski definition) is 3. The highest BCUT2D eigenvalue weighted by Crippen LogP contribution is 2.46. The average molecular weight is 350 g/mol. The Morgan fingerprint density at radius 3 is 2.58 bits per heavy atom. The summed E-state index contributed by atoms with van der Waals surface area (Å²) < 4.78 is 5.96. The van der Waals surface area contributed by atoms with Gasteiger partial charge >= 0.3 is 0 Å². The van der Waals surface area contributed by atoms with Crippen LogP contribution in [-0.4, -0.2) is 30.5 Å². The summed E-state index contributed by atoms with van der Waals surface area (Å²) in [6.07, 6.45) is 1.87. The number of carbonyl (C=O) groups excluding carboxylic acids is 1. The molecular formula is C22H26N2O2. The number of hydrogen-bond donors (Lipinski definition) is 1. The van der Waals surface area contributed by atoms with Crippen molar-refractivity contribution < 1.29 is 9.53 Å². The summed E-state index contributed by atoms with van der Waals surface area (Å²) in [7, 11) is 0. The molecule has 1 amide bonds. The number of carbonyl (C=O) groups is 1. The van der Waals surface area contributed by atoms with Crippen LogP contribution >= 0.6 is 0 Å². The second-order valence-electron chi connectivity index (χ2n) is 7.69. The number of fused-ring (bicyclic) bond motifs is 2. The van der Waals surface area contributed by atoms with Gasteiger partial charge in [0, 0.05) is 36.2 Å². The number of ether oxygens (including phenoxy) is 1. The molecule has 1 saturated heterocycles. The number of likely N-dealkylation sites (tertiary alicyclic amines) is 1. The summed E-state index contributed by atoms with van der Waals surface area (Å²) in [5.74, 6) is 1.12. The lowest BCUT2D eigenvalue weighted by atomic mass is 9.74. The van der Waals surface area contributed by atoms with Crippen LogP contribution in [0.5, 0.6) is 5.75 Å². The van der Waals surface area contributed by atoms with Crippen LogP contribution in [-0.2, 0) is 12.0 Å². The third-order valence-electron chi connectivity index (χ3n) is 6.12. The van der Waals surface area contributed by atoms with Crippen LogP contribution in [0.2, 0.25) is 0 Å². The number of aryl methyl sites for hydroxylation is 2. The number of nitrogens with two attached hydrogens (primary N) is 1. The molecule has 2 heterocycles. The molecule has 2 aromatic carbocycles. The number of rotatable bonds is 2. The van der Waals surface area contributed by atoms with E-state index in [9.17, 15) is 4.79 Å². The first-order chi connectivity index (χ1) is 12.5. The summed E-state index contributed by atoms with van der Waals surface area (Å²) in [6, 6.07) is 12.3. The van der Waals surface area contributed by atoms with E-state index in [2.05, 4.69) is 19.9 Å². The SMILES string of the molecule is Cc1ccc(C(=O)N2CCC3(CC2)COc2ccc(CN)cc23)cc1C.